The Labute approximate surface area is 134 Å². The molecule has 7 heteroatoms. The van der Waals surface area contributed by atoms with Gasteiger partial charge in [0.25, 0.3) is 0 Å². The number of aromatic nitrogens is 4. The summed E-state index contributed by atoms with van der Waals surface area (Å²) < 4.78 is 8.47. The highest BCUT2D eigenvalue weighted by Gasteiger charge is 2.10. The molecule has 0 saturated heterocycles. The maximum atomic E-state index is 6.12. The lowest BCUT2D eigenvalue weighted by molar-refractivity contribution is 0.296. The summed E-state index contributed by atoms with van der Waals surface area (Å²) in [6.45, 7) is 0.265. The third-order valence-corrected chi connectivity index (χ3v) is 3.78. The van der Waals surface area contributed by atoms with Crippen LogP contribution in [0.4, 0.5) is 0 Å². The Kier molecular flexibility index (Phi) is 3.75. The molecule has 0 fully saturated rings. The summed E-state index contributed by atoms with van der Waals surface area (Å²) in [6, 6.07) is 7.78. The van der Waals surface area contributed by atoms with Gasteiger partial charge in [0.1, 0.15) is 17.5 Å². The predicted octanol–water partition coefficient (Wildman–Crippen LogP) is 3.20. The van der Waals surface area contributed by atoms with Crippen molar-refractivity contribution in [3.05, 3.63) is 45.0 Å². The molecule has 2 aromatic heterocycles. The van der Waals surface area contributed by atoms with E-state index < -0.39 is 0 Å². The molecule has 20 heavy (non-hydrogen) atoms. The van der Waals surface area contributed by atoms with E-state index in [9.17, 15) is 0 Å². The van der Waals surface area contributed by atoms with E-state index in [-0.39, 0.29) is 6.61 Å². The van der Waals surface area contributed by atoms with E-state index in [2.05, 4.69) is 37.7 Å². The minimum absolute atomic E-state index is 0.265. The maximum Gasteiger partial charge on any atom is 0.170 e. The molecule has 3 rings (SSSR count). The van der Waals surface area contributed by atoms with Crippen LogP contribution in [-0.4, -0.2) is 19.7 Å². The van der Waals surface area contributed by atoms with Gasteiger partial charge in [-0.3, -0.25) is 4.68 Å². The molecule has 0 saturated carbocycles. The summed E-state index contributed by atoms with van der Waals surface area (Å²) >= 11 is 8.36. The second kappa shape index (κ2) is 5.53. The zero-order valence-electron chi connectivity index (χ0n) is 10.5. The molecule has 3 aromatic rings. The second-order valence-electron chi connectivity index (χ2n) is 4.18. The third kappa shape index (κ3) is 2.71. The van der Waals surface area contributed by atoms with Gasteiger partial charge in [-0.05, 0) is 46.9 Å². The van der Waals surface area contributed by atoms with Crippen LogP contribution in [0.1, 0.15) is 5.82 Å². The molecule has 0 spiro atoms. The molecule has 0 amide bonds. The highest BCUT2D eigenvalue weighted by atomic mass is 127. The maximum absolute atomic E-state index is 6.12. The monoisotopic (exact) mass is 400 g/mol. The van der Waals surface area contributed by atoms with Gasteiger partial charge >= 0.3 is 0 Å². The number of hydrogen-bond donors (Lipinski definition) is 0. The van der Waals surface area contributed by atoms with Gasteiger partial charge in [-0.25, -0.2) is 9.97 Å². The summed E-state index contributed by atoms with van der Waals surface area (Å²) in [5.41, 5.74) is 0.700. The van der Waals surface area contributed by atoms with E-state index >= 15 is 0 Å². The topological polar surface area (TPSA) is 52.8 Å². The normalized spacial score (nSPS) is 10.9. The van der Waals surface area contributed by atoms with E-state index in [0.717, 1.165) is 14.7 Å². The molecule has 0 unspecified atom stereocenters. The molecular formula is C13H10ClIN4O. The number of nitrogens with zero attached hydrogens (tertiary/aromatic N) is 4. The van der Waals surface area contributed by atoms with Crippen molar-refractivity contribution in [2.24, 2.45) is 7.05 Å². The fourth-order valence-electron chi connectivity index (χ4n) is 1.77. The molecular weight excluding hydrogens is 391 g/mol. The van der Waals surface area contributed by atoms with Gasteiger partial charge < -0.3 is 4.74 Å². The Bertz CT molecular complexity index is 757. The van der Waals surface area contributed by atoms with Crippen LogP contribution in [0, 0.1) is 3.57 Å². The average Bonchev–Trinajstić information content (AvgIpc) is 2.81. The minimum Gasteiger partial charge on any atom is -0.486 e. The standard InChI is InChI=1S/C13H10ClIN4O/c1-19-13-10(6-16-19)12(14)17-11(18-13)7-20-9-4-2-8(15)3-5-9/h2-6H,7H2,1H3. The first kappa shape index (κ1) is 13.6. The third-order valence-electron chi connectivity index (χ3n) is 2.77. The lowest BCUT2D eigenvalue weighted by Gasteiger charge is -2.06. The van der Waals surface area contributed by atoms with Crippen molar-refractivity contribution >= 4 is 45.2 Å². The molecule has 0 bridgehead atoms. The fourth-order valence-corrected chi connectivity index (χ4v) is 2.36. The Morgan fingerprint density at radius 1 is 1.25 bits per heavy atom. The van der Waals surface area contributed by atoms with Crippen LogP contribution in [-0.2, 0) is 13.7 Å². The van der Waals surface area contributed by atoms with E-state index in [4.69, 9.17) is 16.3 Å². The van der Waals surface area contributed by atoms with Crippen molar-refractivity contribution < 1.29 is 4.74 Å². The van der Waals surface area contributed by atoms with E-state index in [0.29, 0.717) is 16.6 Å². The Hall–Kier alpha value is -1.41. The first-order chi connectivity index (χ1) is 9.63. The number of benzene rings is 1. The van der Waals surface area contributed by atoms with Gasteiger partial charge in [-0.1, -0.05) is 11.6 Å². The lowest BCUT2D eigenvalue weighted by atomic mass is 10.3. The Balaban J connectivity index is 1.83. The van der Waals surface area contributed by atoms with Crippen LogP contribution in [0.25, 0.3) is 11.0 Å². The van der Waals surface area contributed by atoms with Crippen LogP contribution < -0.4 is 4.74 Å². The second-order valence-corrected chi connectivity index (χ2v) is 5.78. The van der Waals surface area contributed by atoms with E-state index in [1.54, 1.807) is 10.9 Å². The SMILES string of the molecule is Cn1ncc2c(Cl)nc(COc3ccc(I)cc3)nc21. The zero-order valence-corrected chi connectivity index (χ0v) is 13.5. The van der Waals surface area contributed by atoms with Crippen molar-refractivity contribution in [2.75, 3.05) is 0 Å². The number of fused-ring (bicyclic) bond motifs is 1. The summed E-state index contributed by atoms with van der Waals surface area (Å²) in [7, 11) is 1.81. The number of hydrogen-bond acceptors (Lipinski definition) is 4. The van der Waals surface area contributed by atoms with Gasteiger partial charge in [0.05, 0.1) is 11.6 Å². The number of aryl methyl sites for hydroxylation is 1. The number of rotatable bonds is 3. The molecule has 5 nitrogen and oxygen atoms in total. The highest BCUT2D eigenvalue weighted by molar-refractivity contribution is 14.1. The number of ether oxygens (including phenoxy) is 1. The first-order valence-electron chi connectivity index (χ1n) is 5.86. The van der Waals surface area contributed by atoms with Crippen LogP contribution in [0.2, 0.25) is 5.15 Å². The summed E-state index contributed by atoms with van der Waals surface area (Å²) in [4.78, 5) is 8.63. The van der Waals surface area contributed by atoms with Gasteiger partial charge in [0.15, 0.2) is 11.5 Å². The number of halogens is 2. The Morgan fingerprint density at radius 3 is 2.75 bits per heavy atom. The fraction of sp³-hybridized carbons (Fsp3) is 0.154. The molecule has 102 valence electrons. The van der Waals surface area contributed by atoms with E-state index in [1.807, 2.05) is 31.3 Å². The van der Waals surface area contributed by atoms with Crippen molar-refractivity contribution in [2.45, 2.75) is 6.61 Å². The molecule has 0 aliphatic carbocycles. The minimum atomic E-state index is 0.265. The molecule has 1 aromatic carbocycles. The van der Waals surface area contributed by atoms with Crippen LogP contribution >= 0.6 is 34.2 Å². The zero-order chi connectivity index (χ0) is 14.1. The first-order valence-corrected chi connectivity index (χ1v) is 7.31. The molecule has 2 heterocycles. The molecule has 0 radical (unpaired) electrons. The smallest absolute Gasteiger partial charge is 0.170 e. The van der Waals surface area contributed by atoms with Crippen molar-refractivity contribution in [1.82, 2.24) is 19.7 Å². The van der Waals surface area contributed by atoms with Crippen molar-refractivity contribution in [3.8, 4) is 5.75 Å². The summed E-state index contributed by atoms with van der Waals surface area (Å²) in [5.74, 6) is 1.31. The predicted molar refractivity (Wildman–Crippen MR) is 84.8 cm³/mol. The van der Waals surface area contributed by atoms with Gasteiger partial charge in [0.2, 0.25) is 0 Å². The van der Waals surface area contributed by atoms with Crippen LogP contribution in [0.3, 0.4) is 0 Å². The van der Waals surface area contributed by atoms with Gasteiger partial charge in [-0.15, -0.1) is 0 Å². The summed E-state index contributed by atoms with van der Waals surface area (Å²) in [5, 5.41) is 5.25. The van der Waals surface area contributed by atoms with Crippen LogP contribution in [0.15, 0.2) is 30.5 Å². The molecule has 0 atom stereocenters. The lowest BCUT2D eigenvalue weighted by Crippen LogP contribution is -2.03. The van der Waals surface area contributed by atoms with Crippen LogP contribution in [0.5, 0.6) is 5.75 Å². The van der Waals surface area contributed by atoms with Gasteiger partial charge in [-0.2, -0.15) is 5.10 Å². The summed E-state index contributed by atoms with van der Waals surface area (Å²) in [6.07, 6.45) is 1.65. The molecule has 0 aliphatic heterocycles. The highest BCUT2D eigenvalue weighted by Crippen LogP contribution is 2.20. The quantitative estimate of drug-likeness (QED) is 0.500. The molecule has 0 N–H and O–H groups in total. The Morgan fingerprint density at radius 2 is 2.00 bits per heavy atom. The van der Waals surface area contributed by atoms with E-state index in [1.165, 1.54) is 0 Å². The van der Waals surface area contributed by atoms with Crippen molar-refractivity contribution in [1.29, 1.82) is 0 Å². The molecule has 0 aliphatic rings. The largest absolute Gasteiger partial charge is 0.486 e. The average molecular weight is 401 g/mol. The van der Waals surface area contributed by atoms with Crippen molar-refractivity contribution in [3.63, 3.8) is 0 Å². The van der Waals surface area contributed by atoms with Gasteiger partial charge in [0, 0.05) is 10.6 Å².